The van der Waals surface area contributed by atoms with Gasteiger partial charge < -0.3 is 15.2 Å². The van der Waals surface area contributed by atoms with Crippen molar-refractivity contribution in [1.29, 1.82) is 5.26 Å². The van der Waals surface area contributed by atoms with E-state index in [0.29, 0.717) is 23.7 Å². The Balaban J connectivity index is 0.00000128. The summed E-state index contributed by atoms with van der Waals surface area (Å²) in [4.78, 5) is 0. The number of ether oxygens (including phenoxy) is 2. The molecule has 0 spiro atoms. The predicted octanol–water partition coefficient (Wildman–Crippen LogP) is 1.77. The largest absolute Gasteiger partial charge is 0.493 e. The Bertz CT molecular complexity index is 429. The molecule has 1 aromatic rings. The Morgan fingerprint density at radius 2 is 2.31 bits per heavy atom. The molecule has 86 valence electrons. The van der Waals surface area contributed by atoms with Crippen LogP contribution in [0, 0.1) is 11.3 Å². The number of hydrogen-bond donors (Lipinski definition) is 1. The van der Waals surface area contributed by atoms with Crippen molar-refractivity contribution in [1.82, 2.24) is 0 Å². The summed E-state index contributed by atoms with van der Waals surface area (Å²) >= 11 is 0. The molecule has 2 rings (SSSR count). The van der Waals surface area contributed by atoms with Crippen molar-refractivity contribution < 1.29 is 9.47 Å². The second-order valence-corrected chi connectivity index (χ2v) is 3.45. The molecule has 1 heterocycles. The third kappa shape index (κ3) is 2.06. The van der Waals surface area contributed by atoms with E-state index in [1.807, 2.05) is 0 Å². The monoisotopic (exact) mass is 240 g/mol. The number of fused-ring (bicyclic) bond motifs is 1. The van der Waals surface area contributed by atoms with Gasteiger partial charge in [-0.25, -0.2) is 0 Å². The molecule has 0 fully saturated rings. The molecule has 2 N–H and O–H groups in total. The van der Waals surface area contributed by atoms with Gasteiger partial charge in [0.25, 0.3) is 0 Å². The van der Waals surface area contributed by atoms with Crippen molar-refractivity contribution in [2.75, 3.05) is 13.7 Å². The van der Waals surface area contributed by atoms with E-state index >= 15 is 0 Å². The lowest BCUT2D eigenvalue weighted by atomic mass is 9.99. The Morgan fingerprint density at radius 1 is 1.56 bits per heavy atom. The minimum Gasteiger partial charge on any atom is -0.493 e. The van der Waals surface area contributed by atoms with Gasteiger partial charge >= 0.3 is 0 Å². The van der Waals surface area contributed by atoms with Crippen molar-refractivity contribution in [3.63, 3.8) is 0 Å². The number of nitrogens with two attached hydrogens (primary N) is 1. The fraction of sp³-hybridized carbons (Fsp3) is 0.364. The van der Waals surface area contributed by atoms with Crippen LogP contribution in [-0.4, -0.2) is 13.7 Å². The fourth-order valence-corrected chi connectivity index (χ4v) is 1.71. The number of benzene rings is 1. The Morgan fingerprint density at radius 3 is 2.94 bits per heavy atom. The van der Waals surface area contributed by atoms with Crippen LogP contribution < -0.4 is 15.2 Å². The van der Waals surface area contributed by atoms with E-state index in [4.69, 9.17) is 20.5 Å². The van der Waals surface area contributed by atoms with Crippen LogP contribution in [0.5, 0.6) is 11.5 Å². The van der Waals surface area contributed by atoms with Crippen LogP contribution in [0.1, 0.15) is 23.6 Å². The van der Waals surface area contributed by atoms with Crippen LogP contribution in [0.3, 0.4) is 0 Å². The molecule has 0 saturated heterocycles. The minimum absolute atomic E-state index is 0. The molecule has 0 amide bonds. The normalized spacial score (nSPS) is 17.4. The molecule has 1 aromatic carbocycles. The van der Waals surface area contributed by atoms with Gasteiger partial charge in [0.05, 0.1) is 25.3 Å². The fourth-order valence-electron chi connectivity index (χ4n) is 1.71. The van der Waals surface area contributed by atoms with Gasteiger partial charge in [-0.15, -0.1) is 12.4 Å². The van der Waals surface area contributed by atoms with Crippen LogP contribution in [0.2, 0.25) is 0 Å². The number of hydrogen-bond acceptors (Lipinski definition) is 4. The Labute approximate surface area is 100 Å². The van der Waals surface area contributed by atoms with E-state index in [0.717, 1.165) is 12.0 Å². The molecule has 0 radical (unpaired) electrons. The minimum atomic E-state index is -0.0732. The highest BCUT2D eigenvalue weighted by molar-refractivity contribution is 5.85. The smallest absolute Gasteiger partial charge is 0.165 e. The molecule has 16 heavy (non-hydrogen) atoms. The zero-order valence-corrected chi connectivity index (χ0v) is 9.71. The highest BCUT2D eigenvalue weighted by Crippen LogP contribution is 2.39. The van der Waals surface area contributed by atoms with E-state index in [-0.39, 0.29) is 18.4 Å². The molecule has 0 bridgehead atoms. The first-order valence-electron chi connectivity index (χ1n) is 4.76. The standard InChI is InChI=1S/C11H12N2O2.ClH/c1-14-10-5-7(6-12)4-8-9(13)2-3-15-11(8)10;/h4-5,9H,2-3,13H2,1H3;1H/t9-;/m0./s1. The zero-order chi connectivity index (χ0) is 10.8. The molecule has 1 aliphatic rings. The summed E-state index contributed by atoms with van der Waals surface area (Å²) in [5, 5.41) is 8.86. The maximum atomic E-state index is 8.86. The number of nitrogens with zero attached hydrogens (tertiary/aromatic N) is 1. The molecule has 0 saturated carbocycles. The van der Waals surface area contributed by atoms with Crippen molar-refractivity contribution in [2.45, 2.75) is 12.5 Å². The van der Waals surface area contributed by atoms with Crippen LogP contribution in [0.15, 0.2) is 12.1 Å². The number of methoxy groups -OCH3 is 1. The van der Waals surface area contributed by atoms with Crippen LogP contribution in [-0.2, 0) is 0 Å². The Kier molecular flexibility index (Phi) is 3.99. The summed E-state index contributed by atoms with van der Waals surface area (Å²) in [6.45, 7) is 0.594. The molecule has 0 aliphatic carbocycles. The van der Waals surface area contributed by atoms with Crippen molar-refractivity contribution >= 4 is 12.4 Å². The van der Waals surface area contributed by atoms with E-state index in [1.54, 1.807) is 19.2 Å². The summed E-state index contributed by atoms with van der Waals surface area (Å²) in [6.07, 6.45) is 0.769. The Hall–Kier alpha value is -1.44. The number of halogens is 1. The number of rotatable bonds is 1. The highest BCUT2D eigenvalue weighted by atomic mass is 35.5. The van der Waals surface area contributed by atoms with Gasteiger partial charge in [-0.2, -0.15) is 5.26 Å². The van der Waals surface area contributed by atoms with Gasteiger partial charge in [-0.3, -0.25) is 0 Å². The van der Waals surface area contributed by atoms with Gasteiger partial charge in [0.15, 0.2) is 11.5 Å². The van der Waals surface area contributed by atoms with Gasteiger partial charge in [0, 0.05) is 24.1 Å². The molecule has 0 unspecified atom stereocenters. The van der Waals surface area contributed by atoms with Crippen LogP contribution >= 0.6 is 12.4 Å². The summed E-state index contributed by atoms with van der Waals surface area (Å²) in [7, 11) is 1.56. The number of nitriles is 1. The van der Waals surface area contributed by atoms with Gasteiger partial charge in [-0.05, 0) is 6.07 Å². The molecule has 1 aliphatic heterocycles. The quantitative estimate of drug-likeness (QED) is 0.812. The average Bonchev–Trinajstić information content (AvgIpc) is 2.28. The first-order chi connectivity index (χ1) is 7.26. The topological polar surface area (TPSA) is 68.3 Å². The van der Waals surface area contributed by atoms with Crippen molar-refractivity contribution in [3.8, 4) is 17.6 Å². The zero-order valence-electron chi connectivity index (χ0n) is 8.90. The summed E-state index contributed by atoms with van der Waals surface area (Å²) in [5.74, 6) is 1.26. The summed E-state index contributed by atoms with van der Waals surface area (Å²) in [6, 6.07) is 5.44. The van der Waals surface area contributed by atoms with Gasteiger partial charge in [0.1, 0.15) is 0 Å². The van der Waals surface area contributed by atoms with E-state index in [9.17, 15) is 0 Å². The lowest BCUT2D eigenvalue weighted by molar-refractivity contribution is 0.253. The molecule has 5 heteroatoms. The van der Waals surface area contributed by atoms with Crippen LogP contribution in [0.4, 0.5) is 0 Å². The second-order valence-electron chi connectivity index (χ2n) is 3.45. The third-order valence-corrected chi connectivity index (χ3v) is 2.51. The average molecular weight is 241 g/mol. The first-order valence-corrected chi connectivity index (χ1v) is 4.76. The van der Waals surface area contributed by atoms with Crippen molar-refractivity contribution in [3.05, 3.63) is 23.3 Å². The second kappa shape index (κ2) is 5.06. The summed E-state index contributed by atoms with van der Waals surface area (Å²) in [5.41, 5.74) is 7.35. The molecule has 1 atom stereocenters. The molecular weight excluding hydrogens is 228 g/mol. The van der Waals surface area contributed by atoms with Crippen molar-refractivity contribution in [2.24, 2.45) is 5.73 Å². The lowest BCUT2D eigenvalue weighted by Gasteiger charge is -2.24. The molecule has 4 nitrogen and oxygen atoms in total. The van der Waals surface area contributed by atoms with Gasteiger partial charge in [0.2, 0.25) is 0 Å². The predicted molar refractivity (Wildman–Crippen MR) is 62.0 cm³/mol. The van der Waals surface area contributed by atoms with Gasteiger partial charge in [-0.1, -0.05) is 0 Å². The first kappa shape index (κ1) is 12.6. The van der Waals surface area contributed by atoms with E-state index < -0.39 is 0 Å². The van der Waals surface area contributed by atoms with E-state index in [1.165, 1.54) is 0 Å². The van der Waals surface area contributed by atoms with Crippen LogP contribution in [0.25, 0.3) is 0 Å². The molecular formula is C11H13ClN2O2. The highest BCUT2D eigenvalue weighted by Gasteiger charge is 2.22. The van der Waals surface area contributed by atoms with E-state index in [2.05, 4.69) is 6.07 Å². The third-order valence-electron chi connectivity index (χ3n) is 2.51. The summed E-state index contributed by atoms with van der Waals surface area (Å²) < 4.78 is 10.7. The molecule has 0 aromatic heterocycles. The lowest BCUT2D eigenvalue weighted by Crippen LogP contribution is -2.21. The SMILES string of the molecule is COc1cc(C#N)cc2c1OCC[C@@H]2N.Cl. The maximum absolute atomic E-state index is 8.86. The maximum Gasteiger partial charge on any atom is 0.165 e.